The number of imide groups is 1. The third kappa shape index (κ3) is 4.06. The fourth-order valence-electron chi connectivity index (χ4n) is 1.49. The fraction of sp³-hybridized carbons (Fsp3) is 0.231. The van der Waals surface area contributed by atoms with Crippen molar-refractivity contribution in [1.29, 1.82) is 0 Å². The zero-order valence-electron chi connectivity index (χ0n) is 11.6. The van der Waals surface area contributed by atoms with Gasteiger partial charge in [0, 0.05) is 7.05 Å². The minimum absolute atomic E-state index is 0.393. The van der Waals surface area contributed by atoms with Crippen LogP contribution in [0.25, 0.3) is 5.69 Å². The third-order valence-electron chi connectivity index (χ3n) is 2.61. The fourth-order valence-corrected chi connectivity index (χ4v) is 2.22. The van der Waals surface area contributed by atoms with Crippen LogP contribution < -0.4 is 10.6 Å². The molecule has 0 unspecified atom stereocenters. The molecule has 0 spiro atoms. The van der Waals surface area contributed by atoms with Gasteiger partial charge in [0.05, 0.1) is 10.9 Å². The second-order valence-electron chi connectivity index (χ2n) is 4.14. The van der Waals surface area contributed by atoms with E-state index in [1.807, 2.05) is 30.3 Å². The number of nitrogens with one attached hydrogen (secondary N) is 2. The van der Waals surface area contributed by atoms with E-state index in [1.54, 1.807) is 17.9 Å². The Labute approximate surface area is 126 Å². The number of para-hydroxylation sites is 1. The van der Waals surface area contributed by atoms with E-state index in [4.69, 9.17) is 0 Å². The van der Waals surface area contributed by atoms with Crippen LogP contribution in [-0.4, -0.2) is 39.0 Å². The lowest BCUT2D eigenvalue weighted by Gasteiger charge is -2.08. The van der Waals surface area contributed by atoms with Crippen molar-refractivity contribution >= 4 is 23.7 Å². The summed E-state index contributed by atoms with van der Waals surface area (Å²) in [5, 5.41) is 8.82. The van der Waals surface area contributed by atoms with Crippen molar-refractivity contribution in [2.75, 3.05) is 7.05 Å². The van der Waals surface area contributed by atoms with Crippen LogP contribution in [0.3, 0.4) is 0 Å². The molecular formula is C13H15N5O2S. The lowest BCUT2D eigenvalue weighted by atomic mass is 10.3. The summed E-state index contributed by atoms with van der Waals surface area (Å²) >= 11 is 1.18. The highest BCUT2D eigenvalue weighted by Crippen LogP contribution is 2.19. The summed E-state index contributed by atoms with van der Waals surface area (Å²) in [7, 11) is 1.45. The average molecular weight is 305 g/mol. The quantitative estimate of drug-likeness (QED) is 0.829. The Morgan fingerprint density at radius 2 is 2.00 bits per heavy atom. The molecule has 0 aliphatic rings. The van der Waals surface area contributed by atoms with Gasteiger partial charge >= 0.3 is 6.03 Å². The predicted octanol–water partition coefficient (Wildman–Crippen LogP) is 1.20. The van der Waals surface area contributed by atoms with Gasteiger partial charge in [0.1, 0.15) is 6.33 Å². The normalized spacial score (nSPS) is 11.7. The number of amides is 3. The first-order chi connectivity index (χ1) is 10.1. The Kier molecular flexibility index (Phi) is 4.94. The van der Waals surface area contributed by atoms with E-state index < -0.39 is 17.2 Å². The lowest BCUT2D eigenvalue weighted by Crippen LogP contribution is -2.41. The summed E-state index contributed by atoms with van der Waals surface area (Å²) in [6, 6.07) is 9.01. The van der Waals surface area contributed by atoms with Crippen molar-refractivity contribution < 1.29 is 9.59 Å². The standard InChI is InChI=1S/C13H15N5O2S/c1-9(11(19)16-12(20)14-2)21-13-15-8-18(17-13)10-6-4-3-5-7-10/h3-9H,1-2H3,(H2,14,16,19,20)/t9-/m1/s1. The molecule has 0 bridgehead atoms. The molecule has 0 fully saturated rings. The second kappa shape index (κ2) is 6.89. The number of nitrogens with zero attached hydrogens (tertiary/aromatic N) is 3. The first-order valence-corrected chi connectivity index (χ1v) is 7.14. The zero-order valence-corrected chi connectivity index (χ0v) is 12.4. The van der Waals surface area contributed by atoms with Crippen molar-refractivity contribution in [2.45, 2.75) is 17.3 Å². The molecule has 2 rings (SSSR count). The summed E-state index contributed by atoms with van der Waals surface area (Å²) in [6.07, 6.45) is 1.58. The van der Waals surface area contributed by atoms with Crippen molar-refractivity contribution in [3.63, 3.8) is 0 Å². The van der Waals surface area contributed by atoms with Crippen LogP contribution in [-0.2, 0) is 4.79 Å². The molecule has 2 N–H and O–H groups in total. The largest absolute Gasteiger partial charge is 0.341 e. The minimum atomic E-state index is -0.532. The molecule has 21 heavy (non-hydrogen) atoms. The zero-order chi connectivity index (χ0) is 15.2. The number of hydrogen-bond acceptors (Lipinski definition) is 5. The van der Waals surface area contributed by atoms with Gasteiger partial charge in [-0.15, -0.1) is 5.10 Å². The van der Waals surface area contributed by atoms with Crippen LogP contribution in [0.4, 0.5) is 4.79 Å². The number of benzene rings is 1. The van der Waals surface area contributed by atoms with Crippen molar-refractivity contribution in [3.8, 4) is 5.69 Å². The van der Waals surface area contributed by atoms with E-state index in [-0.39, 0.29) is 0 Å². The van der Waals surface area contributed by atoms with Crippen LogP contribution in [0.1, 0.15) is 6.92 Å². The lowest BCUT2D eigenvalue weighted by molar-refractivity contribution is -0.119. The summed E-state index contributed by atoms with van der Waals surface area (Å²) in [6.45, 7) is 1.69. The summed E-state index contributed by atoms with van der Waals surface area (Å²) in [5.41, 5.74) is 0.888. The number of carbonyl (C=O) groups is 2. The highest BCUT2D eigenvalue weighted by molar-refractivity contribution is 8.00. The van der Waals surface area contributed by atoms with Gasteiger partial charge in [-0.3, -0.25) is 10.1 Å². The van der Waals surface area contributed by atoms with Crippen LogP contribution in [0.15, 0.2) is 41.8 Å². The van der Waals surface area contributed by atoms with E-state index >= 15 is 0 Å². The number of aromatic nitrogens is 3. The molecule has 0 aliphatic heterocycles. The summed E-state index contributed by atoms with van der Waals surface area (Å²) < 4.78 is 1.63. The van der Waals surface area contributed by atoms with Gasteiger partial charge in [-0.2, -0.15) is 0 Å². The Bertz CT molecular complexity index is 629. The third-order valence-corrected chi connectivity index (χ3v) is 3.57. The van der Waals surface area contributed by atoms with E-state index in [1.165, 1.54) is 18.8 Å². The van der Waals surface area contributed by atoms with Gasteiger partial charge in [-0.05, 0) is 19.1 Å². The second-order valence-corrected chi connectivity index (χ2v) is 5.44. The molecule has 0 aliphatic carbocycles. The molecule has 1 aromatic carbocycles. The van der Waals surface area contributed by atoms with Gasteiger partial charge in [0.15, 0.2) is 0 Å². The molecule has 1 atom stereocenters. The maximum atomic E-state index is 11.7. The summed E-state index contributed by atoms with van der Waals surface area (Å²) in [5.74, 6) is -0.393. The molecule has 0 saturated heterocycles. The van der Waals surface area contributed by atoms with Gasteiger partial charge in [-0.1, -0.05) is 30.0 Å². The maximum Gasteiger partial charge on any atom is 0.321 e. The molecular weight excluding hydrogens is 290 g/mol. The van der Waals surface area contributed by atoms with Crippen LogP contribution in [0.5, 0.6) is 0 Å². The SMILES string of the molecule is CNC(=O)NC(=O)[C@@H](C)Sc1ncn(-c2ccccc2)n1. The molecule has 110 valence electrons. The van der Waals surface area contributed by atoms with Crippen molar-refractivity contribution in [2.24, 2.45) is 0 Å². The van der Waals surface area contributed by atoms with Crippen LogP contribution >= 0.6 is 11.8 Å². The Morgan fingerprint density at radius 1 is 1.29 bits per heavy atom. The van der Waals surface area contributed by atoms with Gasteiger partial charge in [0.2, 0.25) is 11.1 Å². The Balaban J connectivity index is 1.99. The number of hydrogen-bond donors (Lipinski definition) is 2. The summed E-state index contributed by atoms with van der Waals surface area (Å²) in [4.78, 5) is 27.0. The Hall–Kier alpha value is -2.35. The molecule has 0 radical (unpaired) electrons. The van der Waals surface area contributed by atoms with Gasteiger partial charge in [0.25, 0.3) is 0 Å². The van der Waals surface area contributed by atoms with E-state index in [2.05, 4.69) is 20.7 Å². The number of rotatable bonds is 4. The number of thioether (sulfide) groups is 1. The van der Waals surface area contributed by atoms with E-state index in [0.717, 1.165) is 5.69 Å². The van der Waals surface area contributed by atoms with Gasteiger partial charge in [-0.25, -0.2) is 14.5 Å². The van der Waals surface area contributed by atoms with Crippen molar-refractivity contribution in [1.82, 2.24) is 25.4 Å². The molecule has 1 heterocycles. The number of urea groups is 1. The average Bonchev–Trinajstić information content (AvgIpc) is 2.96. The van der Waals surface area contributed by atoms with E-state index in [0.29, 0.717) is 5.16 Å². The predicted molar refractivity (Wildman–Crippen MR) is 79.3 cm³/mol. The number of carbonyl (C=O) groups excluding carboxylic acids is 2. The first-order valence-electron chi connectivity index (χ1n) is 6.26. The molecule has 0 saturated carbocycles. The molecule has 7 nitrogen and oxygen atoms in total. The molecule has 8 heteroatoms. The van der Waals surface area contributed by atoms with Crippen LogP contribution in [0.2, 0.25) is 0 Å². The highest BCUT2D eigenvalue weighted by Gasteiger charge is 2.18. The molecule has 2 aromatic rings. The van der Waals surface area contributed by atoms with Crippen molar-refractivity contribution in [3.05, 3.63) is 36.7 Å². The van der Waals surface area contributed by atoms with Gasteiger partial charge < -0.3 is 5.32 Å². The van der Waals surface area contributed by atoms with Crippen LogP contribution in [0, 0.1) is 0 Å². The Morgan fingerprint density at radius 3 is 2.67 bits per heavy atom. The monoisotopic (exact) mass is 305 g/mol. The first kappa shape index (κ1) is 15.0. The highest BCUT2D eigenvalue weighted by atomic mass is 32.2. The molecule has 1 aromatic heterocycles. The maximum absolute atomic E-state index is 11.7. The topological polar surface area (TPSA) is 88.9 Å². The smallest absolute Gasteiger partial charge is 0.321 e. The molecule has 3 amide bonds. The minimum Gasteiger partial charge on any atom is -0.341 e. The van der Waals surface area contributed by atoms with E-state index in [9.17, 15) is 9.59 Å².